The van der Waals surface area contributed by atoms with Gasteiger partial charge in [0.15, 0.2) is 0 Å². The molecule has 0 saturated carbocycles. The molecular weight excluding hydrogens is 180 g/mol. The van der Waals surface area contributed by atoms with Gasteiger partial charge < -0.3 is 0 Å². The van der Waals surface area contributed by atoms with Crippen molar-refractivity contribution in [2.75, 3.05) is 0 Å². The molecule has 0 amide bonds. The summed E-state index contributed by atoms with van der Waals surface area (Å²) >= 11 is 0. The quantitative estimate of drug-likeness (QED) is 0.640. The number of fused-ring (bicyclic) bond motifs is 1. The standard InChI is InChI=1S/C15H11/c1-2-5-12(6-3-1)15-10-9-13-7-4-8-14(13)11-15/h1-11H. The van der Waals surface area contributed by atoms with Crippen LogP contribution >= 0.6 is 0 Å². The van der Waals surface area contributed by atoms with E-state index < -0.39 is 0 Å². The molecule has 0 atom stereocenters. The van der Waals surface area contributed by atoms with Gasteiger partial charge in [-0.1, -0.05) is 54.6 Å². The molecule has 0 heterocycles. The van der Waals surface area contributed by atoms with Crippen molar-refractivity contribution < 1.29 is 0 Å². The van der Waals surface area contributed by atoms with E-state index in [4.69, 9.17) is 0 Å². The second-order valence-corrected chi connectivity index (χ2v) is 3.74. The van der Waals surface area contributed by atoms with Gasteiger partial charge in [0.25, 0.3) is 0 Å². The normalized spacial score (nSPS) is 12.8. The maximum atomic E-state index is 2.24. The van der Waals surface area contributed by atoms with Gasteiger partial charge in [0.1, 0.15) is 0 Å². The third-order valence-electron chi connectivity index (χ3n) is 2.75. The van der Waals surface area contributed by atoms with E-state index in [1.807, 2.05) is 6.07 Å². The van der Waals surface area contributed by atoms with E-state index in [0.717, 1.165) is 0 Å². The molecule has 2 aromatic carbocycles. The molecule has 0 fully saturated rings. The first-order valence-corrected chi connectivity index (χ1v) is 5.14. The van der Waals surface area contributed by atoms with Crippen LogP contribution in [0, 0.1) is 6.42 Å². The Morgan fingerprint density at radius 1 is 0.667 bits per heavy atom. The zero-order valence-electron chi connectivity index (χ0n) is 8.35. The van der Waals surface area contributed by atoms with Crippen LogP contribution in [0.4, 0.5) is 0 Å². The Morgan fingerprint density at radius 2 is 1.53 bits per heavy atom. The van der Waals surface area contributed by atoms with Crippen molar-refractivity contribution in [2.45, 2.75) is 0 Å². The van der Waals surface area contributed by atoms with Crippen LogP contribution in [-0.2, 0) is 0 Å². The first-order chi connectivity index (χ1) is 7.43. The molecule has 1 radical (unpaired) electrons. The first-order valence-electron chi connectivity index (χ1n) is 5.14. The molecule has 0 nitrogen and oxygen atoms in total. The van der Waals surface area contributed by atoms with Gasteiger partial charge in [-0.05, 0) is 28.3 Å². The zero-order chi connectivity index (χ0) is 10.1. The fourth-order valence-corrected chi connectivity index (χ4v) is 1.94. The fraction of sp³-hybridized carbons (Fsp3) is 0. The van der Waals surface area contributed by atoms with Gasteiger partial charge in [-0.25, -0.2) is 0 Å². The smallest absolute Gasteiger partial charge is 0.0131 e. The molecule has 15 heavy (non-hydrogen) atoms. The second kappa shape index (κ2) is 3.39. The Kier molecular flexibility index (Phi) is 1.92. The average Bonchev–Trinajstić information content (AvgIpc) is 2.77. The SMILES string of the molecule is [CH]1C=Cc2ccc(-c3ccccc3)cc21. The van der Waals surface area contributed by atoms with E-state index >= 15 is 0 Å². The summed E-state index contributed by atoms with van der Waals surface area (Å²) in [5.41, 5.74) is 5.20. The zero-order valence-corrected chi connectivity index (χ0v) is 8.35. The molecule has 0 N–H and O–H groups in total. The lowest BCUT2D eigenvalue weighted by Gasteiger charge is -2.04. The molecule has 0 aliphatic heterocycles. The van der Waals surface area contributed by atoms with Crippen LogP contribution in [0.2, 0.25) is 0 Å². The summed E-state index contributed by atoms with van der Waals surface area (Å²) in [7, 11) is 0. The number of hydrogen-bond acceptors (Lipinski definition) is 0. The maximum Gasteiger partial charge on any atom is 0.0131 e. The Balaban J connectivity index is 2.09. The third kappa shape index (κ3) is 1.48. The lowest BCUT2D eigenvalue weighted by molar-refractivity contribution is 1.53. The van der Waals surface area contributed by atoms with Gasteiger partial charge in [-0.3, -0.25) is 0 Å². The minimum Gasteiger partial charge on any atom is -0.0755 e. The van der Waals surface area contributed by atoms with E-state index in [0.29, 0.717) is 0 Å². The van der Waals surface area contributed by atoms with Crippen LogP contribution in [-0.4, -0.2) is 0 Å². The van der Waals surface area contributed by atoms with Crippen molar-refractivity contribution >= 4 is 6.08 Å². The van der Waals surface area contributed by atoms with E-state index in [2.05, 4.69) is 61.0 Å². The lowest BCUT2D eigenvalue weighted by Crippen LogP contribution is -1.82. The van der Waals surface area contributed by atoms with Crippen molar-refractivity contribution in [3.05, 3.63) is 72.2 Å². The summed E-state index contributed by atoms with van der Waals surface area (Å²) in [4.78, 5) is 0. The van der Waals surface area contributed by atoms with Crippen LogP contribution in [0.1, 0.15) is 11.1 Å². The summed E-state index contributed by atoms with van der Waals surface area (Å²) in [6.07, 6.45) is 6.39. The van der Waals surface area contributed by atoms with E-state index in [1.165, 1.54) is 22.3 Å². The molecule has 0 heteroatoms. The number of hydrogen-bond donors (Lipinski definition) is 0. The van der Waals surface area contributed by atoms with Crippen molar-refractivity contribution in [1.82, 2.24) is 0 Å². The fourth-order valence-electron chi connectivity index (χ4n) is 1.94. The maximum absolute atomic E-state index is 2.24. The minimum absolute atomic E-state index is 1.28. The predicted molar refractivity (Wildman–Crippen MR) is 64.3 cm³/mol. The van der Waals surface area contributed by atoms with Crippen LogP contribution in [0.25, 0.3) is 17.2 Å². The van der Waals surface area contributed by atoms with Gasteiger partial charge >= 0.3 is 0 Å². The highest BCUT2D eigenvalue weighted by atomic mass is 14.1. The third-order valence-corrected chi connectivity index (χ3v) is 2.75. The van der Waals surface area contributed by atoms with Gasteiger partial charge in [-0.2, -0.15) is 0 Å². The highest BCUT2D eigenvalue weighted by Crippen LogP contribution is 2.27. The molecule has 0 spiro atoms. The minimum atomic E-state index is 1.28. The van der Waals surface area contributed by atoms with Gasteiger partial charge in [0.2, 0.25) is 0 Å². The van der Waals surface area contributed by atoms with E-state index in [9.17, 15) is 0 Å². The molecule has 0 aromatic heterocycles. The van der Waals surface area contributed by atoms with Crippen molar-refractivity contribution in [3.63, 3.8) is 0 Å². The summed E-state index contributed by atoms with van der Waals surface area (Å²) in [5, 5.41) is 0. The highest BCUT2D eigenvalue weighted by Gasteiger charge is 2.06. The van der Waals surface area contributed by atoms with E-state index in [-0.39, 0.29) is 0 Å². The van der Waals surface area contributed by atoms with Gasteiger partial charge in [-0.15, -0.1) is 0 Å². The molecular formula is C15H11. The molecule has 3 rings (SSSR count). The van der Waals surface area contributed by atoms with Crippen molar-refractivity contribution in [1.29, 1.82) is 0 Å². The number of allylic oxidation sites excluding steroid dienone is 1. The lowest BCUT2D eigenvalue weighted by atomic mass is 10.0. The highest BCUT2D eigenvalue weighted by molar-refractivity contribution is 5.72. The Morgan fingerprint density at radius 3 is 2.40 bits per heavy atom. The topological polar surface area (TPSA) is 0 Å². The Bertz CT molecular complexity index is 507. The molecule has 0 bridgehead atoms. The largest absolute Gasteiger partial charge is 0.0755 e. The molecule has 0 unspecified atom stereocenters. The van der Waals surface area contributed by atoms with Crippen LogP contribution in [0.5, 0.6) is 0 Å². The first kappa shape index (κ1) is 8.49. The van der Waals surface area contributed by atoms with Gasteiger partial charge in [0, 0.05) is 6.42 Å². The van der Waals surface area contributed by atoms with E-state index in [1.54, 1.807) is 0 Å². The summed E-state index contributed by atoms with van der Waals surface area (Å²) in [5.74, 6) is 0. The predicted octanol–water partition coefficient (Wildman–Crippen LogP) is 3.93. The summed E-state index contributed by atoms with van der Waals surface area (Å²) in [6, 6.07) is 17.1. The van der Waals surface area contributed by atoms with Gasteiger partial charge in [0.05, 0.1) is 0 Å². The molecule has 2 aromatic rings. The Labute approximate surface area is 89.9 Å². The summed E-state index contributed by atoms with van der Waals surface area (Å²) < 4.78 is 0. The summed E-state index contributed by atoms with van der Waals surface area (Å²) in [6.45, 7) is 0. The second-order valence-electron chi connectivity index (χ2n) is 3.74. The Hall–Kier alpha value is -1.82. The van der Waals surface area contributed by atoms with Crippen LogP contribution < -0.4 is 0 Å². The van der Waals surface area contributed by atoms with Crippen molar-refractivity contribution in [2.24, 2.45) is 0 Å². The molecule has 1 aliphatic rings. The molecule has 71 valence electrons. The monoisotopic (exact) mass is 191 g/mol. The number of rotatable bonds is 1. The van der Waals surface area contributed by atoms with Crippen molar-refractivity contribution in [3.8, 4) is 11.1 Å². The van der Waals surface area contributed by atoms with Crippen LogP contribution in [0.15, 0.2) is 54.6 Å². The van der Waals surface area contributed by atoms with Crippen LogP contribution in [0.3, 0.4) is 0 Å². The average molecular weight is 191 g/mol. The molecule has 0 saturated heterocycles. The number of benzene rings is 2. The molecule has 1 aliphatic carbocycles.